The van der Waals surface area contributed by atoms with Crippen LogP contribution in [-0.4, -0.2) is 16.3 Å². The molecule has 1 aliphatic heterocycles. The second kappa shape index (κ2) is 5.92. The molecule has 2 aromatic carbocycles. The molecule has 1 aliphatic rings. The Kier molecular flexibility index (Phi) is 3.69. The van der Waals surface area contributed by atoms with Crippen LogP contribution in [0.25, 0.3) is 16.9 Å². The minimum Gasteiger partial charge on any atom is -0.369 e. The van der Waals surface area contributed by atoms with Gasteiger partial charge >= 0.3 is 6.18 Å². The first-order valence-corrected chi connectivity index (χ1v) is 8.02. The molecular weight excluding hydrogens is 341 g/mol. The van der Waals surface area contributed by atoms with Gasteiger partial charge in [0.15, 0.2) is 0 Å². The van der Waals surface area contributed by atoms with Crippen molar-refractivity contribution in [2.45, 2.75) is 12.6 Å². The largest absolute Gasteiger partial charge is 0.417 e. The Labute approximate surface area is 147 Å². The molecule has 0 radical (unpaired) electrons. The highest BCUT2D eigenvalue weighted by Gasteiger charge is 2.35. The van der Waals surface area contributed by atoms with Gasteiger partial charge in [-0.05, 0) is 36.8 Å². The number of hydrogen-bond donors (Lipinski definition) is 1. The summed E-state index contributed by atoms with van der Waals surface area (Å²) in [5.41, 5.74) is 1.68. The van der Waals surface area contributed by atoms with Crippen molar-refractivity contribution < 1.29 is 13.2 Å². The fourth-order valence-electron chi connectivity index (χ4n) is 3.19. The lowest BCUT2D eigenvalue weighted by Crippen LogP contribution is -2.08. The predicted molar refractivity (Wildman–Crippen MR) is 90.9 cm³/mol. The Hall–Kier alpha value is -3.27. The van der Waals surface area contributed by atoms with Crippen LogP contribution in [0.1, 0.15) is 16.7 Å². The lowest BCUT2D eigenvalue weighted by Gasteiger charge is -2.11. The standard InChI is InChI=1S/C19H13F3N4/c20-19(21,22)16-4-2-1-3-14(16)17-15-9-10-24-18(15)26(25-17)13-7-5-12(11-23)6-8-13/h1-8,24H,9-10H2. The molecule has 7 heteroatoms. The Morgan fingerprint density at radius 1 is 1.08 bits per heavy atom. The second-order valence-corrected chi connectivity index (χ2v) is 5.97. The van der Waals surface area contributed by atoms with Crippen LogP contribution in [0.4, 0.5) is 19.0 Å². The van der Waals surface area contributed by atoms with Crippen molar-refractivity contribution in [1.82, 2.24) is 9.78 Å². The molecule has 1 N–H and O–H groups in total. The van der Waals surface area contributed by atoms with Gasteiger partial charge in [0.25, 0.3) is 0 Å². The van der Waals surface area contributed by atoms with E-state index in [1.165, 1.54) is 12.1 Å². The maximum Gasteiger partial charge on any atom is 0.417 e. The van der Waals surface area contributed by atoms with Gasteiger partial charge in [0, 0.05) is 17.7 Å². The number of rotatable bonds is 2. The Bertz CT molecular complexity index is 1010. The topological polar surface area (TPSA) is 53.6 Å². The molecule has 2 heterocycles. The number of halogens is 3. The van der Waals surface area contributed by atoms with Crippen molar-refractivity contribution in [3.63, 3.8) is 0 Å². The third-order valence-corrected chi connectivity index (χ3v) is 4.38. The van der Waals surface area contributed by atoms with E-state index in [9.17, 15) is 13.2 Å². The average molecular weight is 354 g/mol. The fraction of sp³-hybridized carbons (Fsp3) is 0.158. The van der Waals surface area contributed by atoms with Gasteiger partial charge in [0.05, 0.1) is 28.6 Å². The molecular formula is C19H13F3N4. The zero-order valence-electron chi connectivity index (χ0n) is 13.5. The molecule has 0 bridgehead atoms. The van der Waals surface area contributed by atoms with Crippen LogP contribution < -0.4 is 5.32 Å². The minimum absolute atomic E-state index is 0.0762. The van der Waals surface area contributed by atoms with Crippen LogP contribution in [0.5, 0.6) is 0 Å². The van der Waals surface area contributed by atoms with E-state index in [0.29, 0.717) is 35.7 Å². The normalized spacial score (nSPS) is 13.2. The van der Waals surface area contributed by atoms with E-state index in [-0.39, 0.29) is 5.56 Å². The van der Waals surface area contributed by atoms with Gasteiger partial charge in [0.1, 0.15) is 5.82 Å². The van der Waals surface area contributed by atoms with Gasteiger partial charge in [-0.15, -0.1) is 0 Å². The maximum atomic E-state index is 13.4. The highest BCUT2D eigenvalue weighted by molar-refractivity contribution is 5.75. The van der Waals surface area contributed by atoms with Crippen LogP contribution in [0.15, 0.2) is 48.5 Å². The molecule has 4 rings (SSSR count). The van der Waals surface area contributed by atoms with Gasteiger partial charge in [-0.1, -0.05) is 18.2 Å². The number of hydrogen-bond acceptors (Lipinski definition) is 3. The van der Waals surface area contributed by atoms with E-state index in [1.807, 2.05) is 6.07 Å². The average Bonchev–Trinajstić information content (AvgIpc) is 3.24. The van der Waals surface area contributed by atoms with Gasteiger partial charge < -0.3 is 5.32 Å². The van der Waals surface area contributed by atoms with E-state index in [0.717, 1.165) is 11.6 Å². The molecule has 26 heavy (non-hydrogen) atoms. The van der Waals surface area contributed by atoms with Crippen molar-refractivity contribution in [3.05, 3.63) is 65.2 Å². The number of benzene rings is 2. The number of nitrogens with one attached hydrogen (secondary N) is 1. The molecule has 0 aliphatic carbocycles. The van der Waals surface area contributed by atoms with E-state index in [4.69, 9.17) is 5.26 Å². The molecule has 0 amide bonds. The molecule has 0 atom stereocenters. The second-order valence-electron chi connectivity index (χ2n) is 5.97. The first-order valence-electron chi connectivity index (χ1n) is 8.02. The third-order valence-electron chi connectivity index (χ3n) is 4.38. The first-order chi connectivity index (χ1) is 12.5. The predicted octanol–water partition coefficient (Wildman–Crippen LogP) is 4.40. The summed E-state index contributed by atoms with van der Waals surface area (Å²) in [4.78, 5) is 0. The zero-order chi connectivity index (χ0) is 18.3. The molecule has 4 nitrogen and oxygen atoms in total. The quantitative estimate of drug-likeness (QED) is 0.742. The molecule has 3 aromatic rings. The summed E-state index contributed by atoms with van der Waals surface area (Å²) >= 11 is 0. The van der Waals surface area contributed by atoms with E-state index < -0.39 is 11.7 Å². The molecule has 0 spiro atoms. The third kappa shape index (κ3) is 2.60. The van der Waals surface area contributed by atoms with Crippen molar-refractivity contribution >= 4 is 5.82 Å². The number of aromatic nitrogens is 2. The van der Waals surface area contributed by atoms with Crippen molar-refractivity contribution in [3.8, 4) is 23.0 Å². The summed E-state index contributed by atoms with van der Waals surface area (Å²) < 4.78 is 41.9. The van der Waals surface area contributed by atoms with Crippen molar-refractivity contribution in [2.75, 3.05) is 11.9 Å². The van der Waals surface area contributed by atoms with E-state index in [1.54, 1.807) is 35.0 Å². The minimum atomic E-state index is -4.45. The highest BCUT2D eigenvalue weighted by Crippen LogP contribution is 2.41. The lowest BCUT2D eigenvalue weighted by atomic mass is 10.0. The number of alkyl halides is 3. The van der Waals surface area contributed by atoms with Crippen LogP contribution in [0.3, 0.4) is 0 Å². The van der Waals surface area contributed by atoms with Crippen LogP contribution in [0.2, 0.25) is 0 Å². The van der Waals surface area contributed by atoms with Crippen molar-refractivity contribution in [1.29, 1.82) is 5.26 Å². The summed E-state index contributed by atoms with van der Waals surface area (Å²) in [6.45, 7) is 0.644. The zero-order valence-corrected chi connectivity index (χ0v) is 13.5. The molecule has 0 saturated heterocycles. The highest BCUT2D eigenvalue weighted by atomic mass is 19.4. The first kappa shape index (κ1) is 16.2. The Morgan fingerprint density at radius 3 is 2.50 bits per heavy atom. The molecule has 0 unspecified atom stereocenters. The fourth-order valence-corrected chi connectivity index (χ4v) is 3.19. The maximum absolute atomic E-state index is 13.4. The smallest absolute Gasteiger partial charge is 0.369 e. The van der Waals surface area contributed by atoms with Crippen LogP contribution in [0, 0.1) is 11.3 Å². The van der Waals surface area contributed by atoms with Gasteiger partial charge in [-0.3, -0.25) is 0 Å². The Morgan fingerprint density at radius 2 is 1.81 bits per heavy atom. The van der Waals surface area contributed by atoms with Crippen molar-refractivity contribution in [2.24, 2.45) is 0 Å². The van der Waals surface area contributed by atoms with Crippen LogP contribution in [-0.2, 0) is 12.6 Å². The lowest BCUT2D eigenvalue weighted by molar-refractivity contribution is -0.137. The van der Waals surface area contributed by atoms with Gasteiger partial charge in [-0.2, -0.15) is 23.5 Å². The SMILES string of the molecule is N#Cc1ccc(-n2nc(-c3ccccc3C(F)(F)F)c3c2NCC3)cc1. The summed E-state index contributed by atoms with van der Waals surface area (Å²) in [6.07, 6.45) is -3.85. The molecule has 0 saturated carbocycles. The van der Waals surface area contributed by atoms with Gasteiger partial charge in [0.2, 0.25) is 0 Å². The summed E-state index contributed by atoms with van der Waals surface area (Å²) in [5.74, 6) is 0.696. The van der Waals surface area contributed by atoms with Crippen LogP contribution >= 0.6 is 0 Å². The summed E-state index contributed by atoms with van der Waals surface area (Å²) in [6, 6.07) is 14.3. The summed E-state index contributed by atoms with van der Waals surface area (Å²) in [5, 5.41) is 16.6. The number of anilines is 1. The van der Waals surface area contributed by atoms with E-state index in [2.05, 4.69) is 10.4 Å². The number of nitrogens with zero attached hydrogens (tertiary/aromatic N) is 3. The number of fused-ring (bicyclic) bond motifs is 1. The summed E-state index contributed by atoms with van der Waals surface area (Å²) in [7, 11) is 0. The van der Waals surface area contributed by atoms with Gasteiger partial charge in [-0.25, -0.2) is 4.68 Å². The molecule has 0 fully saturated rings. The molecule has 1 aromatic heterocycles. The molecule has 130 valence electrons. The Balaban J connectivity index is 1.89. The monoisotopic (exact) mass is 354 g/mol. The number of nitriles is 1. The van der Waals surface area contributed by atoms with E-state index >= 15 is 0 Å².